The van der Waals surface area contributed by atoms with Gasteiger partial charge in [0.15, 0.2) is 11.5 Å². The van der Waals surface area contributed by atoms with Crippen molar-refractivity contribution in [3.8, 4) is 11.5 Å². The second-order valence-electron chi connectivity index (χ2n) is 5.69. The van der Waals surface area contributed by atoms with E-state index in [-0.39, 0.29) is 37.2 Å². The van der Waals surface area contributed by atoms with Crippen molar-refractivity contribution in [3.05, 3.63) is 17.7 Å². The van der Waals surface area contributed by atoms with Crippen LogP contribution < -0.4 is 20.5 Å². The van der Waals surface area contributed by atoms with Gasteiger partial charge in [-0.3, -0.25) is 9.59 Å². The molecule has 7 nitrogen and oxygen atoms in total. The van der Waals surface area contributed by atoms with Crippen molar-refractivity contribution < 1.29 is 19.1 Å². The fourth-order valence-electron chi connectivity index (χ4n) is 2.77. The van der Waals surface area contributed by atoms with Crippen molar-refractivity contribution >= 4 is 29.9 Å². The SMILES string of the molecule is COc1cc(NC(=O)CCN)c(C(=O)N2CCCCC2)cc1OC.Cl. The van der Waals surface area contributed by atoms with Crippen LogP contribution in [0.2, 0.25) is 0 Å². The van der Waals surface area contributed by atoms with Crippen molar-refractivity contribution in [2.24, 2.45) is 5.73 Å². The number of halogens is 1. The molecule has 3 N–H and O–H groups in total. The molecular formula is C17H26ClN3O4. The number of nitrogens with two attached hydrogens (primary N) is 1. The summed E-state index contributed by atoms with van der Waals surface area (Å²) in [4.78, 5) is 26.6. The number of methoxy groups -OCH3 is 2. The van der Waals surface area contributed by atoms with Gasteiger partial charge in [-0.05, 0) is 25.3 Å². The third-order valence-electron chi connectivity index (χ3n) is 4.04. The van der Waals surface area contributed by atoms with Gasteiger partial charge in [-0.25, -0.2) is 0 Å². The number of carbonyl (C=O) groups is 2. The Bertz CT molecular complexity index is 604. The lowest BCUT2D eigenvalue weighted by molar-refractivity contribution is -0.116. The van der Waals surface area contributed by atoms with E-state index < -0.39 is 0 Å². The number of anilines is 1. The maximum absolute atomic E-state index is 12.9. The Morgan fingerprint density at radius 2 is 1.72 bits per heavy atom. The number of nitrogens with one attached hydrogen (secondary N) is 1. The zero-order chi connectivity index (χ0) is 17.5. The highest BCUT2D eigenvalue weighted by Gasteiger charge is 2.24. The molecule has 2 amide bonds. The molecule has 0 spiro atoms. The van der Waals surface area contributed by atoms with Gasteiger partial charge in [-0.15, -0.1) is 12.4 Å². The normalized spacial score (nSPS) is 13.6. The van der Waals surface area contributed by atoms with Crippen LogP contribution in [0.5, 0.6) is 11.5 Å². The summed E-state index contributed by atoms with van der Waals surface area (Å²) < 4.78 is 10.6. The fourth-order valence-corrected chi connectivity index (χ4v) is 2.77. The zero-order valence-corrected chi connectivity index (χ0v) is 15.5. The third-order valence-corrected chi connectivity index (χ3v) is 4.04. The van der Waals surface area contributed by atoms with E-state index in [0.717, 1.165) is 32.4 Å². The number of amides is 2. The third kappa shape index (κ3) is 5.24. The lowest BCUT2D eigenvalue weighted by Crippen LogP contribution is -2.36. The van der Waals surface area contributed by atoms with Crippen LogP contribution in [0.1, 0.15) is 36.0 Å². The van der Waals surface area contributed by atoms with Crippen LogP contribution in [0.15, 0.2) is 12.1 Å². The zero-order valence-electron chi connectivity index (χ0n) is 14.7. The Balaban J connectivity index is 0.00000312. The number of hydrogen-bond acceptors (Lipinski definition) is 5. The van der Waals surface area contributed by atoms with Crippen molar-refractivity contribution in [3.63, 3.8) is 0 Å². The smallest absolute Gasteiger partial charge is 0.256 e. The first kappa shape index (κ1) is 21.1. The molecule has 25 heavy (non-hydrogen) atoms. The molecule has 1 heterocycles. The lowest BCUT2D eigenvalue weighted by Gasteiger charge is -2.28. The summed E-state index contributed by atoms with van der Waals surface area (Å²) in [5.41, 5.74) is 6.24. The molecule has 1 aliphatic rings. The number of carbonyl (C=O) groups excluding carboxylic acids is 2. The first-order valence-corrected chi connectivity index (χ1v) is 8.16. The minimum absolute atomic E-state index is 0. The van der Waals surface area contributed by atoms with Crippen molar-refractivity contribution in [1.29, 1.82) is 0 Å². The summed E-state index contributed by atoms with van der Waals surface area (Å²) >= 11 is 0. The van der Waals surface area contributed by atoms with Crippen LogP contribution in [-0.4, -0.2) is 50.6 Å². The average Bonchev–Trinajstić information content (AvgIpc) is 2.61. The van der Waals surface area contributed by atoms with Crippen LogP contribution in [0, 0.1) is 0 Å². The molecule has 1 aliphatic heterocycles. The number of benzene rings is 1. The molecule has 1 aromatic rings. The number of likely N-dealkylation sites (tertiary alicyclic amines) is 1. The van der Waals surface area contributed by atoms with Crippen LogP contribution in [-0.2, 0) is 4.79 Å². The summed E-state index contributed by atoms with van der Waals surface area (Å²) in [5.74, 6) is 0.557. The largest absolute Gasteiger partial charge is 0.493 e. The minimum atomic E-state index is -0.239. The molecule has 1 saturated heterocycles. The topological polar surface area (TPSA) is 93.9 Å². The molecule has 0 aromatic heterocycles. The Kier molecular flexibility index (Phi) is 8.51. The molecule has 1 fully saturated rings. The summed E-state index contributed by atoms with van der Waals surface area (Å²) in [6.45, 7) is 1.70. The fraction of sp³-hybridized carbons (Fsp3) is 0.529. The van der Waals surface area contributed by atoms with E-state index in [1.807, 2.05) is 4.90 Å². The van der Waals surface area contributed by atoms with E-state index in [9.17, 15) is 9.59 Å². The van der Waals surface area contributed by atoms with E-state index in [2.05, 4.69) is 5.32 Å². The molecular weight excluding hydrogens is 346 g/mol. The highest BCUT2D eigenvalue weighted by atomic mass is 35.5. The number of nitrogens with zero attached hydrogens (tertiary/aromatic N) is 1. The molecule has 8 heteroatoms. The molecule has 0 bridgehead atoms. The monoisotopic (exact) mass is 371 g/mol. The molecule has 0 unspecified atom stereocenters. The van der Waals surface area contributed by atoms with Gasteiger partial charge in [0.25, 0.3) is 5.91 Å². The molecule has 2 rings (SSSR count). The molecule has 0 radical (unpaired) electrons. The van der Waals surface area contributed by atoms with Gasteiger partial charge in [0.05, 0.1) is 25.5 Å². The van der Waals surface area contributed by atoms with E-state index in [1.165, 1.54) is 14.2 Å². The minimum Gasteiger partial charge on any atom is -0.493 e. The predicted molar refractivity (Wildman–Crippen MR) is 98.8 cm³/mol. The van der Waals surface area contributed by atoms with Gasteiger partial charge >= 0.3 is 0 Å². The number of piperidine rings is 1. The molecule has 0 saturated carbocycles. The Labute approximate surface area is 154 Å². The highest BCUT2D eigenvalue weighted by molar-refractivity contribution is 6.04. The Morgan fingerprint density at radius 1 is 1.12 bits per heavy atom. The maximum Gasteiger partial charge on any atom is 0.256 e. The summed E-state index contributed by atoms with van der Waals surface area (Å²) in [7, 11) is 3.02. The average molecular weight is 372 g/mol. The predicted octanol–water partition coefficient (Wildman–Crippen LogP) is 2.04. The van der Waals surface area contributed by atoms with Gasteiger partial charge in [-0.1, -0.05) is 0 Å². The number of rotatable bonds is 6. The second-order valence-corrected chi connectivity index (χ2v) is 5.69. The van der Waals surface area contributed by atoms with Gasteiger partial charge in [-0.2, -0.15) is 0 Å². The summed E-state index contributed by atoms with van der Waals surface area (Å²) in [6.07, 6.45) is 3.31. The van der Waals surface area contributed by atoms with Crippen molar-refractivity contribution in [2.75, 3.05) is 39.2 Å². The van der Waals surface area contributed by atoms with E-state index in [0.29, 0.717) is 22.7 Å². The summed E-state index contributed by atoms with van der Waals surface area (Å²) in [5, 5.41) is 2.76. The summed E-state index contributed by atoms with van der Waals surface area (Å²) in [6, 6.07) is 3.23. The van der Waals surface area contributed by atoms with E-state index in [4.69, 9.17) is 15.2 Å². The molecule has 0 atom stereocenters. The Morgan fingerprint density at radius 3 is 2.28 bits per heavy atom. The van der Waals surface area contributed by atoms with Crippen LogP contribution in [0.3, 0.4) is 0 Å². The first-order valence-electron chi connectivity index (χ1n) is 8.16. The van der Waals surface area contributed by atoms with Crippen molar-refractivity contribution in [1.82, 2.24) is 4.90 Å². The van der Waals surface area contributed by atoms with Crippen LogP contribution in [0.25, 0.3) is 0 Å². The lowest BCUT2D eigenvalue weighted by atomic mass is 10.1. The van der Waals surface area contributed by atoms with Gasteiger partial charge in [0, 0.05) is 32.1 Å². The van der Waals surface area contributed by atoms with E-state index >= 15 is 0 Å². The molecule has 1 aromatic carbocycles. The van der Waals surface area contributed by atoms with Crippen LogP contribution in [0.4, 0.5) is 5.69 Å². The number of hydrogen-bond donors (Lipinski definition) is 2. The molecule has 140 valence electrons. The second kappa shape index (κ2) is 10.1. The van der Waals surface area contributed by atoms with Crippen molar-refractivity contribution in [2.45, 2.75) is 25.7 Å². The Hall–Kier alpha value is -1.99. The standard InChI is InChI=1S/C17H25N3O4.ClH/c1-23-14-10-12(17(22)20-8-4-3-5-9-20)13(11-15(14)24-2)19-16(21)6-7-18;/h10-11H,3-9,18H2,1-2H3,(H,19,21);1H. The first-order chi connectivity index (χ1) is 11.6. The van der Waals surface area contributed by atoms with Gasteiger partial charge in [0.1, 0.15) is 0 Å². The van der Waals surface area contributed by atoms with Gasteiger partial charge < -0.3 is 25.4 Å². The number of ether oxygens (including phenoxy) is 2. The van der Waals surface area contributed by atoms with E-state index in [1.54, 1.807) is 12.1 Å². The van der Waals surface area contributed by atoms with Gasteiger partial charge in [0.2, 0.25) is 5.91 Å². The highest BCUT2D eigenvalue weighted by Crippen LogP contribution is 2.34. The maximum atomic E-state index is 12.9. The quantitative estimate of drug-likeness (QED) is 0.798. The van der Waals surface area contributed by atoms with Crippen LogP contribution >= 0.6 is 12.4 Å². The molecule has 0 aliphatic carbocycles.